The predicted octanol–water partition coefficient (Wildman–Crippen LogP) is 2.15. The Labute approximate surface area is 148 Å². The van der Waals surface area contributed by atoms with Gasteiger partial charge in [-0.15, -0.1) is 0 Å². The number of benzene rings is 1. The minimum Gasteiger partial charge on any atom is -0.481 e. The maximum Gasteiger partial charge on any atom is 0.416 e. The predicted molar refractivity (Wildman–Crippen MR) is 85.3 cm³/mol. The molecule has 0 bridgehead atoms. The number of amides is 2. The summed E-state index contributed by atoms with van der Waals surface area (Å²) in [4.78, 5) is 36.9. The van der Waals surface area contributed by atoms with Crippen LogP contribution in [0.1, 0.15) is 35.7 Å². The first kappa shape index (κ1) is 19.7. The standard InChI is InChI=1S/C17H19F3N2O4/c1-10-13(16(25)26)3-2-8-22(10)14(23)9-21-15(24)11-4-6-12(7-5-11)17(18,19)20/h4-7,10,13H,2-3,8-9H2,1H3,(H,21,24)(H,25,26)/t10-,13-/m1/s1. The summed E-state index contributed by atoms with van der Waals surface area (Å²) in [6.45, 7) is 1.70. The lowest BCUT2D eigenvalue weighted by Gasteiger charge is -2.37. The van der Waals surface area contributed by atoms with Crippen molar-refractivity contribution >= 4 is 17.8 Å². The fraction of sp³-hybridized carbons (Fsp3) is 0.471. The number of aliphatic carboxylic acids is 1. The van der Waals surface area contributed by atoms with Crippen LogP contribution in [0.25, 0.3) is 0 Å². The molecule has 2 rings (SSSR count). The molecule has 26 heavy (non-hydrogen) atoms. The summed E-state index contributed by atoms with van der Waals surface area (Å²) in [5.41, 5.74) is -0.868. The summed E-state index contributed by atoms with van der Waals surface area (Å²) in [6, 6.07) is 3.16. The lowest BCUT2D eigenvalue weighted by atomic mass is 9.90. The first-order chi connectivity index (χ1) is 12.1. The number of rotatable bonds is 4. The van der Waals surface area contributed by atoms with Gasteiger partial charge in [-0.3, -0.25) is 14.4 Å². The summed E-state index contributed by atoms with van der Waals surface area (Å²) in [7, 11) is 0. The molecule has 2 N–H and O–H groups in total. The SMILES string of the molecule is C[C@@H]1[C@H](C(=O)O)CCCN1C(=O)CNC(=O)c1ccc(C(F)(F)F)cc1. The van der Waals surface area contributed by atoms with E-state index in [1.807, 2.05) is 0 Å². The number of carbonyl (C=O) groups is 3. The second-order valence-corrected chi connectivity index (χ2v) is 6.17. The molecule has 9 heteroatoms. The van der Waals surface area contributed by atoms with Gasteiger partial charge in [-0.1, -0.05) is 0 Å². The molecule has 142 valence electrons. The van der Waals surface area contributed by atoms with E-state index in [0.717, 1.165) is 24.3 Å². The Bertz CT molecular complexity index is 688. The lowest BCUT2D eigenvalue weighted by molar-refractivity contribution is -0.148. The topological polar surface area (TPSA) is 86.7 Å². The fourth-order valence-electron chi connectivity index (χ4n) is 3.00. The third kappa shape index (κ3) is 4.53. The summed E-state index contributed by atoms with van der Waals surface area (Å²) in [5.74, 6) is -2.72. The van der Waals surface area contributed by atoms with Gasteiger partial charge in [0.05, 0.1) is 18.0 Å². The molecule has 0 radical (unpaired) electrons. The number of piperidine rings is 1. The Morgan fingerprint density at radius 3 is 2.38 bits per heavy atom. The zero-order valence-electron chi connectivity index (χ0n) is 14.0. The number of nitrogens with one attached hydrogen (secondary N) is 1. The third-order valence-electron chi connectivity index (χ3n) is 4.50. The molecule has 0 aromatic heterocycles. The van der Waals surface area contributed by atoms with Crippen molar-refractivity contribution in [1.29, 1.82) is 0 Å². The fourth-order valence-corrected chi connectivity index (χ4v) is 3.00. The molecule has 0 unspecified atom stereocenters. The van der Waals surface area contributed by atoms with Crippen LogP contribution in [0.15, 0.2) is 24.3 Å². The van der Waals surface area contributed by atoms with Crippen LogP contribution in [0.5, 0.6) is 0 Å². The highest BCUT2D eigenvalue weighted by Gasteiger charge is 2.35. The lowest BCUT2D eigenvalue weighted by Crippen LogP contribution is -2.51. The minimum absolute atomic E-state index is 0.000838. The molecular weight excluding hydrogens is 353 g/mol. The van der Waals surface area contributed by atoms with Crippen molar-refractivity contribution in [2.45, 2.75) is 32.0 Å². The average molecular weight is 372 g/mol. The van der Waals surface area contributed by atoms with Gasteiger partial charge in [-0.05, 0) is 44.0 Å². The monoisotopic (exact) mass is 372 g/mol. The largest absolute Gasteiger partial charge is 0.481 e. The van der Waals surface area contributed by atoms with Crippen LogP contribution in [0.3, 0.4) is 0 Å². The molecule has 0 spiro atoms. The van der Waals surface area contributed by atoms with Crippen molar-refractivity contribution in [2.75, 3.05) is 13.1 Å². The molecule has 0 aliphatic carbocycles. The van der Waals surface area contributed by atoms with Crippen LogP contribution in [0.2, 0.25) is 0 Å². The number of nitrogens with zero attached hydrogens (tertiary/aromatic N) is 1. The van der Waals surface area contributed by atoms with Crippen molar-refractivity contribution in [2.24, 2.45) is 5.92 Å². The smallest absolute Gasteiger partial charge is 0.416 e. The molecule has 0 saturated carbocycles. The molecule has 1 fully saturated rings. The molecule has 2 atom stereocenters. The van der Waals surface area contributed by atoms with Crippen LogP contribution in [-0.2, 0) is 15.8 Å². The molecular formula is C17H19F3N2O4. The molecule has 2 amide bonds. The highest BCUT2D eigenvalue weighted by Crippen LogP contribution is 2.29. The molecule has 1 aliphatic rings. The first-order valence-corrected chi connectivity index (χ1v) is 8.09. The van der Waals surface area contributed by atoms with Crippen LogP contribution in [0.4, 0.5) is 13.2 Å². The van der Waals surface area contributed by atoms with Crippen molar-refractivity contribution in [3.05, 3.63) is 35.4 Å². The number of carboxylic acid groups (broad SMARTS) is 1. The van der Waals surface area contributed by atoms with E-state index in [0.29, 0.717) is 19.4 Å². The van der Waals surface area contributed by atoms with E-state index >= 15 is 0 Å². The van der Waals surface area contributed by atoms with Crippen LogP contribution < -0.4 is 5.32 Å². The highest BCUT2D eigenvalue weighted by molar-refractivity contribution is 5.96. The van der Waals surface area contributed by atoms with E-state index in [1.165, 1.54) is 4.90 Å². The molecule has 1 heterocycles. The second-order valence-electron chi connectivity index (χ2n) is 6.17. The number of likely N-dealkylation sites (tertiary alicyclic amines) is 1. The quantitative estimate of drug-likeness (QED) is 0.848. The van der Waals surface area contributed by atoms with E-state index in [4.69, 9.17) is 5.11 Å². The molecule has 6 nitrogen and oxygen atoms in total. The Balaban J connectivity index is 1.94. The van der Waals surface area contributed by atoms with Crippen LogP contribution in [0, 0.1) is 5.92 Å². The number of hydrogen-bond donors (Lipinski definition) is 2. The molecule has 1 aromatic carbocycles. The second kappa shape index (κ2) is 7.76. The Kier molecular flexibility index (Phi) is 5.89. The maximum atomic E-state index is 12.5. The van der Waals surface area contributed by atoms with Crippen LogP contribution >= 0.6 is 0 Å². The Morgan fingerprint density at radius 2 is 1.85 bits per heavy atom. The van der Waals surface area contributed by atoms with Gasteiger partial charge in [0, 0.05) is 18.2 Å². The first-order valence-electron chi connectivity index (χ1n) is 8.09. The third-order valence-corrected chi connectivity index (χ3v) is 4.50. The van der Waals surface area contributed by atoms with E-state index in [9.17, 15) is 27.6 Å². The van der Waals surface area contributed by atoms with Gasteiger partial charge in [0.25, 0.3) is 5.91 Å². The maximum absolute atomic E-state index is 12.5. The highest BCUT2D eigenvalue weighted by atomic mass is 19.4. The number of hydrogen-bond acceptors (Lipinski definition) is 3. The summed E-state index contributed by atoms with van der Waals surface area (Å²) in [6.07, 6.45) is -3.45. The molecule has 1 saturated heterocycles. The Morgan fingerprint density at radius 1 is 1.23 bits per heavy atom. The van der Waals surface area contributed by atoms with Gasteiger partial charge in [0.15, 0.2) is 0 Å². The van der Waals surface area contributed by atoms with E-state index in [-0.39, 0.29) is 12.1 Å². The number of carbonyl (C=O) groups excluding carboxylic acids is 2. The van der Waals surface area contributed by atoms with Crippen molar-refractivity contribution in [3.63, 3.8) is 0 Å². The van der Waals surface area contributed by atoms with Crippen molar-refractivity contribution in [1.82, 2.24) is 10.2 Å². The van der Waals surface area contributed by atoms with Crippen LogP contribution in [-0.4, -0.2) is 46.9 Å². The van der Waals surface area contributed by atoms with E-state index in [1.54, 1.807) is 6.92 Å². The van der Waals surface area contributed by atoms with Gasteiger partial charge in [-0.25, -0.2) is 0 Å². The van der Waals surface area contributed by atoms with Crippen molar-refractivity contribution < 1.29 is 32.7 Å². The van der Waals surface area contributed by atoms with Gasteiger partial charge in [0.2, 0.25) is 5.91 Å². The normalized spacial score (nSPS) is 20.5. The van der Waals surface area contributed by atoms with Gasteiger partial charge in [-0.2, -0.15) is 13.2 Å². The van der Waals surface area contributed by atoms with E-state index in [2.05, 4.69) is 5.32 Å². The van der Waals surface area contributed by atoms with Gasteiger partial charge in [0.1, 0.15) is 0 Å². The zero-order chi connectivity index (χ0) is 19.5. The van der Waals surface area contributed by atoms with Crippen molar-refractivity contribution in [3.8, 4) is 0 Å². The number of carboxylic acids is 1. The zero-order valence-corrected chi connectivity index (χ0v) is 14.0. The van der Waals surface area contributed by atoms with E-state index < -0.39 is 41.5 Å². The summed E-state index contributed by atoms with van der Waals surface area (Å²) >= 11 is 0. The number of halogens is 3. The average Bonchev–Trinajstić information content (AvgIpc) is 2.58. The van der Waals surface area contributed by atoms with Gasteiger partial charge < -0.3 is 15.3 Å². The summed E-state index contributed by atoms with van der Waals surface area (Å²) in [5, 5.41) is 11.5. The molecule has 1 aliphatic heterocycles. The molecule has 1 aromatic rings. The number of alkyl halides is 3. The van der Waals surface area contributed by atoms with Gasteiger partial charge >= 0.3 is 12.1 Å². The minimum atomic E-state index is -4.49. The Hall–Kier alpha value is -2.58. The summed E-state index contributed by atoms with van der Waals surface area (Å²) < 4.78 is 37.5.